The fraction of sp³-hybridized carbons (Fsp3) is 0.467. The van der Waals surface area contributed by atoms with Crippen LogP contribution in [-0.2, 0) is 17.8 Å². The van der Waals surface area contributed by atoms with Crippen molar-refractivity contribution in [3.05, 3.63) is 41.0 Å². The molecule has 0 saturated heterocycles. The lowest BCUT2D eigenvalue weighted by Gasteiger charge is -2.19. The van der Waals surface area contributed by atoms with Crippen LogP contribution in [0.4, 0.5) is 0 Å². The third-order valence-corrected chi connectivity index (χ3v) is 4.59. The highest BCUT2D eigenvalue weighted by Crippen LogP contribution is 2.36. The zero-order valence-electron chi connectivity index (χ0n) is 11.3. The summed E-state index contributed by atoms with van der Waals surface area (Å²) in [6, 6.07) is 7.88. The van der Waals surface area contributed by atoms with E-state index in [0.717, 1.165) is 13.0 Å². The fourth-order valence-corrected chi connectivity index (χ4v) is 4.04. The van der Waals surface area contributed by atoms with E-state index in [1.807, 2.05) is 0 Å². The highest BCUT2D eigenvalue weighted by molar-refractivity contribution is 6.77. The van der Waals surface area contributed by atoms with Crippen molar-refractivity contribution in [1.82, 2.24) is 0 Å². The summed E-state index contributed by atoms with van der Waals surface area (Å²) >= 11 is 0. The minimum Gasteiger partial charge on any atom is -0.380 e. The van der Waals surface area contributed by atoms with Gasteiger partial charge >= 0.3 is 0 Å². The average Bonchev–Trinajstić information content (AvgIpc) is 2.61. The predicted molar refractivity (Wildman–Crippen MR) is 77.0 cm³/mol. The first-order valence-electron chi connectivity index (χ1n) is 6.30. The fourth-order valence-electron chi connectivity index (χ4n) is 2.58. The maximum Gasteiger partial charge on any atom is 0.0719 e. The molecule has 0 unspecified atom stereocenters. The van der Waals surface area contributed by atoms with Gasteiger partial charge in [-0.15, -0.1) is 0 Å². The normalized spacial score (nSPS) is 14.7. The second-order valence-electron chi connectivity index (χ2n) is 6.06. The number of hydrogen-bond acceptors (Lipinski definition) is 1. The van der Waals surface area contributed by atoms with Crippen molar-refractivity contribution >= 4 is 13.6 Å². The number of ether oxygens (including phenoxy) is 1. The van der Waals surface area contributed by atoms with Gasteiger partial charge in [0.2, 0.25) is 0 Å². The van der Waals surface area contributed by atoms with Gasteiger partial charge in [0.1, 0.15) is 0 Å². The Hall–Kier alpha value is -0.863. The number of fused-ring (bicyclic) bond motifs is 1. The SMILES string of the molecule is COCc1cccc2c1C(C[Si](C)(C)C)=CC2. The highest BCUT2D eigenvalue weighted by atomic mass is 28.3. The van der Waals surface area contributed by atoms with Gasteiger partial charge in [0.05, 0.1) is 6.61 Å². The number of rotatable bonds is 4. The summed E-state index contributed by atoms with van der Waals surface area (Å²) in [6.07, 6.45) is 3.52. The Balaban J connectivity index is 2.33. The molecule has 1 nitrogen and oxygen atoms in total. The Morgan fingerprint density at radius 3 is 2.65 bits per heavy atom. The van der Waals surface area contributed by atoms with Crippen LogP contribution < -0.4 is 0 Å². The third-order valence-electron chi connectivity index (χ3n) is 3.15. The maximum atomic E-state index is 5.32. The lowest BCUT2D eigenvalue weighted by molar-refractivity contribution is 0.184. The van der Waals surface area contributed by atoms with Gasteiger partial charge in [-0.1, -0.05) is 43.9 Å². The molecule has 0 fully saturated rings. The van der Waals surface area contributed by atoms with E-state index in [9.17, 15) is 0 Å². The van der Waals surface area contributed by atoms with Gasteiger partial charge in [-0.25, -0.2) is 0 Å². The molecule has 0 N–H and O–H groups in total. The van der Waals surface area contributed by atoms with Crippen LogP contribution in [0.15, 0.2) is 24.3 Å². The van der Waals surface area contributed by atoms with E-state index >= 15 is 0 Å². The predicted octanol–water partition coefficient (Wildman–Crippen LogP) is 4.11. The molecule has 2 heteroatoms. The van der Waals surface area contributed by atoms with Crippen LogP contribution in [0.25, 0.3) is 5.57 Å². The second-order valence-corrected chi connectivity index (χ2v) is 11.5. The van der Waals surface area contributed by atoms with E-state index in [4.69, 9.17) is 4.74 Å². The maximum absolute atomic E-state index is 5.32. The standard InChI is InChI=1S/C15H22OSi/c1-16-10-13-7-5-6-12-8-9-14(15(12)13)11-17(2,3)4/h5-7,9H,8,10-11H2,1-4H3. The number of benzene rings is 1. The Morgan fingerprint density at radius 1 is 1.24 bits per heavy atom. The summed E-state index contributed by atoms with van der Waals surface area (Å²) in [5.41, 5.74) is 5.88. The third kappa shape index (κ3) is 2.88. The Bertz CT molecular complexity index is 441. The van der Waals surface area contributed by atoms with Crippen molar-refractivity contribution in [2.45, 2.75) is 38.7 Å². The van der Waals surface area contributed by atoms with Crippen LogP contribution in [0.5, 0.6) is 0 Å². The van der Waals surface area contributed by atoms with Crippen molar-refractivity contribution < 1.29 is 4.74 Å². The van der Waals surface area contributed by atoms with Crippen LogP contribution in [0.2, 0.25) is 25.7 Å². The number of methoxy groups -OCH3 is 1. The molecule has 0 heterocycles. The highest BCUT2D eigenvalue weighted by Gasteiger charge is 2.23. The molecule has 0 aromatic heterocycles. The van der Waals surface area contributed by atoms with E-state index in [1.165, 1.54) is 22.7 Å². The van der Waals surface area contributed by atoms with Crippen molar-refractivity contribution in [3.8, 4) is 0 Å². The first-order chi connectivity index (χ1) is 8.01. The Kier molecular flexibility index (Phi) is 3.55. The molecule has 17 heavy (non-hydrogen) atoms. The summed E-state index contributed by atoms with van der Waals surface area (Å²) < 4.78 is 5.32. The van der Waals surface area contributed by atoms with Gasteiger partial charge in [0, 0.05) is 15.2 Å². The summed E-state index contributed by atoms with van der Waals surface area (Å²) in [5.74, 6) is 0. The van der Waals surface area contributed by atoms with Gasteiger partial charge in [0.25, 0.3) is 0 Å². The first kappa shape index (κ1) is 12.6. The van der Waals surface area contributed by atoms with Crippen LogP contribution >= 0.6 is 0 Å². The van der Waals surface area contributed by atoms with Gasteiger partial charge in [-0.05, 0) is 34.7 Å². The molecule has 1 aliphatic rings. The Morgan fingerprint density at radius 2 is 2.00 bits per heavy atom. The zero-order chi connectivity index (χ0) is 12.5. The molecule has 92 valence electrons. The smallest absolute Gasteiger partial charge is 0.0719 e. The van der Waals surface area contributed by atoms with Gasteiger partial charge in [0.15, 0.2) is 0 Å². The van der Waals surface area contributed by atoms with Crippen molar-refractivity contribution in [2.24, 2.45) is 0 Å². The Labute approximate surface area is 106 Å². The number of allylic oxidation sites excluding steroid dienone is 2. The summed E-state index contributed by atoms with van der Waals surface area (Å²) in [5, 5.41) is 0. The van der Waals surface area contributed by atoms with Crippen molar-refractivity contribution in [2.75, 3.05) is 7.11 Å². The molecule has 0 aliphatic heterocycles. The van der Waals surface area contributed by atoms with Crippen LogP contribution in [0.3, 0.4) is 0 Å². The van der Waals surface area contributed by atoms with E-state index < -0.39 is 8.07 Å². The topological polar surface area (TPSA) is 9.23 Å². The summed E-state index contributed by atoms with van der Waals surface area (Å²) in [7, 11) is 0.728. The molecule has 2 rings (SSSR count). The number of hydrogen-bond donors (Lipinski definition) is 0. The zero-order valence-corrected chi connectivity index (χ0v) is 12.3. The molecule has 0 saturated carbocycles. The quantitative estimate of drug-likeness (QED) is 0.726. The molecule has 1 aliphatic carbocycles. The second kappa shape index (κ2) is 4.79. The van der Waals surface area contributed by atoms with E-state index in [1.54, 1.807) is 12.7 Å². The molecule has 0 bridgehead atoms. The molecule has 0 spiro atoms. The van der Waals surface area contributed by atoms with E-state index in [-0.39, 0.29) is 0 Å². The van der Waals surface area contributed by atoms with Gasteiger partial charge in [-0.3, -0.25) is 0 Å². The van der Waals surface area contributed by atoms with Crippen LogP contribution in [0, 0.1) is 0 Å². The average molecular weight is 246 g/mol. The van der Waals surface area contributed by atoms with Crippen molar-refractivity contribution in [1.29, 1.82) is 0 Å². The molecular weight excluding hydrogens is 224 g/mol. The molecule has 0 radical (unpaired) electrons. The molecule has 0 amide bonds. The van der Waals surface area contributed by atoms with Gasteiger partial charge in [-0.2, -0.15) is 0 Å². The summed E-state index contributed by atoms with van der Waals surface area (Å²) in [6.45, 7) is 8.03. The molecular formula is C15H22OSi. The summed E-state index contributed by atoms with van der Waals surface area (Å²) in [4.78, 5) is 0. The molecule has 1 aromatic carbocycles. The molecule has 1 aromatic rings. The first-order valence-corrected chi connectivity index (χ1v) is 10.0. The lowest BCUT2D eigenvalue weighted by atomic mass is 10.0. The largest absolute Gasteiger partial charge is 0.380 e. The van der Waals surface area contributed by atoms with E-state index in [0.29, 0.717) is 0 Å². The van der Waals surface area contributed by atoms with Gasteiger partial charge < -0.3 is 4.74 Å². The van der Waals surface area contributed by atoms with E-state index in [2.05, 4.69) is 43.9 Å². The minimum atomic E-state index is -1.05. The lowest BCUT2D eigenvalue weighted by Crippen LogP contribution is -2.19. The van der Waals surface area contributed by atoms with Crippen LogP contribution in [-0.4, -0.2) is 15.2 Å². The monoisotopic (exact) mass is 246 g/mol. The minimum absolute atomic E-state index is 0.728. The van der Waals surface area contributed by atoms with Crippen molar-refractivity contribution in [3.63, 3.8) is 0 Å². The molecule has 0 atom stereocenters. The van der Waals surface area contributed by atoms with Crippen LogP contribution in [0.1, 0.15) is 16.7 Å².